The number of hydrogen-bond acceptors (Lipinski definition) is 3. The highest BCUT2D eigenvalue weighted by molar-refractivity contribution is 5.23. The molecule has 0 spiro atoms. The predicted octanol–water partition coefficient (Wildman–Crippen LogP) is 2.78. The van der Waals surface area contributed by atoms with Gasteiger partial charge in [0, 0.05) is 17.4 Å². The SMILES string of the molecule is CCCCCC(NN)c1cc(C)nc(C)c1. The Morgan fingerprint density at radius 1 is 1.25 bits per heavy atom. The number of aryl methyl sites for hydroxylation is 2. The van der Waals surface area contributed by atoms with E-state index >= 15 is 0 Å². The molecule has 0 aliphatic carbocycles. The maximum absolute atomic E-state index is 5.62. The van der Waals surface area contributed by atoms with Gasteiger partial charge in [-0.15, -0.1) is 0 Å². The van der Waals surface area contributed by atoms with Crippen LogP contribution in [-0.4, -0.2) is 4.98 Å². The Bertz CT molecular complexity index is 303. The van der Waals surface area contributed by atoms with Gasteiger partial charge in [0.15, 0.2) is 0 Å². The first-order valence-electron chi connectivity index (χ1n) is 6.08. The zero-order chi connectivity index (χ0) is 12.0. The standard InChI is InChI=1S/C13H23N3/c1-4-5-6-7-13(16-14)12-8-10(2)15-11(3)9-12/h8-9,13,16H,4-7,14H2,1-3H3. The zero-order valence-corrected chi connectivity index (χ0v) is 10.6. The van der Waals surface area contributed by atoms with Crippen molar-refractivity contribution < 1.29 is 0 Å². The second kappa shape index (κ2) is 6.61. The van der Waals surface area contributed by atoms with Crippen molar-refractivity contribution in [3.8, 4) is 0 Å². The lowest BCUT2D eigenvalue weighted by molar-refractivity contribution is 0.486. The molecule has 1 aromatic heterocycles. The predicted molar refractivity (Wildman–Crippen MR) is 67.9 cm³/mol. The minimum Gasteiger partial charge on any atom is -0.271 e. The van der Waals surface area contributed by atoms with E-state index in [0.29, 0.717) is 0 Å². The van der Waals surface area contributed by atoms with Crippen molar-refractivity contribution in [3.63, 3.8) is 0 Å². The minimum absolute atomic E-state index is 0.256. The Morgan fingerprint density at radius 3 is 2.38 bits per heavy atom. The summed E-state index contributed by atoms with van der Waals surface area (Å²) in [6.45, 7) is 6.26. The largest absolute Gasteiger partial charge is 0.271 e. The fourth-order valence-electron chi connectivity index (χ4n) is 2.01. The van der Waals surface area contributed by atoms with Crippen LogP contribution in [0.2, 0.25) is 0 Å². The van der Waals surface area contributed by atoms with E-state index in [1.807, 2.05) is 13.8 Å². The van der Waals surface area contributed by atoms with Crippen LogP contribution in [0.25, 0.3) is 0 Å². The summed E-state index contributed by atoms with van der Waals surface area (Å²) in [7, 11) is 0. The molecular formula is C13H23N3. The molecule has 0 amide bonds. The molecule has 16 heavy (non-hydrogen) atoms. The minimum atomic E-state index is 0.256. The molecule has 0 radical (unpaired) electrons. The molecule has 1 atom stereocenters. The van der Waals surface area contributed by atoms with E-state index < -0.39 is 0 Å². The first-order chi connectivity index (χ1) is 7.67. The van der Waals surface area contributed by atoms with Gasteiger partial charge >= 0.3 is 0 Å². The molecule has 0 aliphatic heterocycles. The van der Waals surface area contributed by atoms with Crippen LogP contribution in [0.15, 0.2) is 12.1 Å². The maximum atomic E-state index is 5.62. The van der Waals surface area contributed by atoms with Crippen LogP contribution in [0, 0.1) is 13.8 Å². The lowest BCUT2D eigenvalue weighted by Gasteiger charge is -2.17. The molecular weight excluding hydrogens is 198 g/mol. The van der Waals surface area contributed by atoms with Crippen LogP contribution in [0.4, 0.5) is 0 Å². The highest BCUT2D eigenvalue weighted by atomic mass is 15.2. The van der Waals surface area contributed by atoms with Crippen LogP contribution in [0.5, 0.6) is 0 Å². The van der Waals surface area contributed by atoms with Crippen molar-refractivity contribution in [2.45, 2.75) is 52.5 Å². The van der Waals surface area contributed by atoms with Gasteiger partial charge in [0.2, 0.25) is 0 Å². The average Bonchev–Trinajstić information content (AvgIpc) is 2.23. The number of pyridine rings is 1. The number of hydrazine groups is 1. The summed E-state index contributed by atoms with van der Waals surface area (Å²) < 4.78 is 0. The number of nitrogens with one attached hydrogen (secondary N) is 1. The summed E-state index contributed by atoms with van der Waals surface area (Å²) in [5.74, 6) is 5.62. The Hall–Kier alpha value is -0.930. The van der Waals surface area contributed by atoms with E-state index in [1.165, 1.54) is 24.8 Å². The van der Waals surface area contributed by atoms with Crippen LogP contribution in [0.3, 0.4) is 0 Å². The van der Waals surface area contributed by atoms with Crippen LogP contribution >= 0.6 is 0 Å². The third-order valence-electron chi connectivity index (χ3n) is 2.80. The van der Waals surface area contributed by atoms with E-state index in [0.717, 1.165) is 17.8 Å². The Labute approximate surface area is 98.4 Å². The van der Waals surface area contributed by atoms with Crippen molar-refractivity contribution in [1.29, 1.82) is 0 Å². The molecule has 3 heteroatoms. The molecule has 1 aromatic rings. The molecule has 0 aromatic carbocycles. The quantitative estimate of drug-likeness (QED) is 0.441. The number of rotatable bonds is 6. The van der Waals surface area contributed by atoms with Gasteiger partial charge in [-0.05, 0) is 38.0 Å². The van der Waals surface area contributed by atoms with Gasteiger partial charge in [-0.25, -0.2) is 0 Å². The van der Waals surface area contributed by atoms with E-state index in [2.05, 4.69) is 29.5 Å². The second-order valence-electron chi connectivity index (χ2n) is 4.40. The number of nitrogens with zero attached hydrogens (tertiary/aromatic N) is 1. The summed E-state index contributed by atoms with van der Waals surface area (Å²) in [5.41, 5.74) is 6.28. The van der Waals surface area contributed by atoms with Gasteiger partial charge in [-0.2, -0.15) is 0 Å². The molecule has 0 bridgehead atoms. The summed E-state index contributed by atoms with van der Waals surface area (Å²) in [4.78, 5) is 4.38. The Morgan fingerprint density at radius 2 is 1.88 bits per heavy atom. The first kappa shape index (κ1) is 13.1. The Kier molecular flexibility index (Phi) is 5.43. The molecule has 0 saturated heterocycles. The summed E-state index contributed by atoms with van der Waals surface area (Å²) in [6.07, 6.45) is 4.81. The highest BCUT2D eigenvalue weighted by Crippen LogP contribution is 2.20. The van der Waals surface area contributed by atoms with Crippen LogP contribution in [0.1, 0.15) is 55.6 Å². The second-order valence-corrected chi connectivity index (χ2v) is 4.40. The molecule has 1 unspecified atom stereocenters. The molecule has 0 aliphatic rings. The number of aromatic nitrogens is 1. The lowest BCUT2D eigenvalue weighted by Crippen LogP contribution is -2.28. The first-order valence-corrected chi connectivity index (χ1v) is 6.08. The maximum Gasteiger partial charge on any atom is 0.0461 e. The van der Waals surface area contributed by atoms with Gasteiger partial charge in [-0.3, -0.25) is 16.3 Å². The number of hydrogen-bond donors (Lipinski definition) is 2. The van der Waals surface area contributed by atoms with E-state index in [1.54, 1.807) is 0 Å². The normalized spacial score (nSPS) is 12.8. The average molecular weight is 221 g/mol. The summed E-state index contributed by atoms with van der Waals surface area (Å²) in [6, 6.07) is 4.49. The molecule has 1 rings (SSSR count). The third-order valence-corrected chi connectivity index (χ3v) is 2.80. The fourth-order valence-corrected chi connectivity index (χ4v) is 2.01. The zero-order valence-electron chi connectivity index (χ0n) is 10.6. The number of nitrogens with two attached hydrogens (primary N) is 1. The molecule has 1 heterocycles. The van der Waals surface area contributed by atoms with E-state index in [4.69, 9.17) is 5.84 Å². The van der Waals surface area contributed by atoms with E-state index in [-0.39, 0.29) is 6.04 Å². The molecule has 90 valence electrons. The Balaban J connectivity index is 2.70. The van der Waals surface area contributed by atoms with Gasteiger partial charge in [-0.1, -0.05) is 26.2 Å². The molecule has 3 N–H and O–H groups in total. The third kappa shape index (κ3) is 3.91. The molecule has 0 saturated carbocycles. The van der Waals surface area contributed by atoms with Gasteiger partial charge in [0.05, 0.1) is 0 Å². The van der Waals surface area contributed by atoms with Gasteiger partial charge in [0.25, 0.3) is 0 Å². The highest BCUT2D eigenvalue weighted by Gasteiger charge is 2.10. The smallest absolute Gasteiger partial charge is 0.0461 e. The topological polar surface area (TPSA) is 50.9 Å². The fraction of sp³-hybridized carbons (Fsp3) is 0.615. The molecule has 3 nitrogen and oxygen atoms in total. The lowest BCUT2D eigenvalue weighted by atomic mass is 10.0. The number of unbranched alkanes of at least 4 members (excludes halogenated alkanes) is 2. The van der Waals surface area contributed by atoms with Crippen molar-refractivity contribution in [1.82, 2.24) is 10.4 Å². The van der Waals surface area contributed by atoms with Crippen molar-refractivity contribution >= 4 is 0 Å². The van der Waals surface area contributed by atoms with Gasteiger partial charge < -0.3 is 0 Å². The monoisotopic (exact) mass is 221 g/mol. The van der Waals surface area contributed by atoms with Crippen LogP contribution < -0.4 is 11.3 Å². The van der Waals surface area contributed by atoms with Gasteiger partial charge in [0.1, 0.15) is 0 Å². The summed E-state index contributed by atoms with van der Waals surface area (Å²) >= 11 is 0. The van der Waals surface area contributed by atoms with Crippen molar-refractivity contribution in [2.24, 2.45) is 5.84 Å². The van der Waals surface area contributed by atoms with E-state index in [9.17, 15) is 0 Å². The molecule has 0 fully saturated rings. The summed E-state index contributed by atoms with van der Waals surface area (Å²) in [5, 5.41) is 0. The van der Waals surface area contributed by atoms with Crippen molar-refractivity contribution in [3.05, 3.63) is 29.1 Å². The van der Waals surface area contributed by atoms with Crippen molar-refractivity contribution in [2.75, 3.05) is 0 Å². The van der Waals surface area contributed by atoms with Crippen LogP contribution in [-0.2, 0) is 0 Å².